The van der Waals surface area contributed by atoms with E-state index >= 15 is 0 Å². The molecule has 23 heavy (non-hydrogen) atoms. The molecule has 0 saturated carbocycles. The number of aromatic nitrogens is 1. The van der Waals surface area contributed by atoms with Crippen molar-refractivity contribution in [1.29, 1.82) is 0 Å². The Bertz CT molecular complexity index is 947. The minimum atomic E-state index is -1.01. The van der Waals surface area contributed by atoms with E-state index in [9.17, 15) is 20.1 Å². The number of carboxylic acids is 1. The number of carbonyl (C=O) groups is 1. The predicted molar refractivity (Wildman–Crippen MR) is 86.6 cm³/mol. The molecule has 0 saturated heterocycles. The van der Waals surface area contributed by atoms with Crippen molar-refractivity contribution in [2.24, 2.45) is 0 Å². The molecule has 0 amide bonds. The maximum atomic E-state index is 11.2. The highest BCUT2D eigenvalue weighted by atomic mass is 16.4. The van der Waals surface area contributed by atoms with Crippen molar-refractivity contribution in [2.45, 2.75) is 0 Å². The highest BCUT2D eigenvalue weighted by Crippen LogP contribution is 2.30. The molecule has 3 rings (SSSR count). The third-order valence-corrected chi connectivity index (χ3v) is 3.60. The number of aromatic hydroxyl groups is 2. The normalized spacial score (nSPS) is 10.6. The average molecular weight is 307 g/mol. The Hall–Kier alpha value is -3.34. The quantitative estimate of drug-likeness (QED) is 0.645. The molecule has 0 atom stereocenters. The van der Waals surface area contributed by atoms with Crippen LogP contribution in [0.3, 0.4) is 0 Å². The summed E-state index contributed by atoms with van der Waals surface area (Å²) in [4.78, 5) is 15.7. The predicted octanol–water partition coefficient (Wildman–Crippen LogP) is 3.41. The molecule has 3 N–H and O–H groups in total. The first-order valence-electron chi connectivity index (χ1n) is 6.82. The molecule has 3 aromatic rings. The van der Waals surface area contributed by atoms with Crippen LogP contribution in [0.1, 0.15) is 21.6 Å². The van der Waals surface area contributed by atoms with Gasteiger partial charge in [0.2, 0.25) is 0 Å². The van der Waals surface area contributed by atoms with Crippen LogP contribution in [-0.4, -0.2) is 26.3 Å². The molecule has 1 aromatic heterocycles. The lowest BCUT2D eigenvalue weighted by molar-refractivity contribution is 0.0699. The van der Waals surface area contributed by atoms with Gasteiger partial charge in [-0.1, -0.05) is 18.7 Å². The van der Waals surface area contributed by atoms with Crippen LogP contribution in [0.25, 0.3) is 16.5 Å². The first-order valence-corrected chi connectivity index (χ1v) is 6.82. The fourth-order valence-electron chi connectivity index (χ4n) is 2.37. The van der Waals surface area contributed by atoms with Gasteiger partial charge in [0, 0.05) is 11.0 Å². The van der Waals surface area contributed by atoms with Crippen LogP contribution in [0.5, 0.6) is 11.5 Å². The van der Waals surface area contributed by atoms with Crippen LogP contribution in [0, 0.1) is 0 Å². The van der Waals surface area contributed by atoms with Gasteiger partial charge in [0.15, 0.2) is 11.5 Å². The SMILES string of the molecule is C=C(c1ccc(O)c(O)c1)c1ccc2c(C(=O)O)cccc2n1. The van der Waals surface area contributed by atoms with Crippen molar-refractivity contribution in [3.63, 3.8) is 0 Å². The summed E-state index contributed by atoms with van der Waals surface area (Å²) in [5.41, 5.74) is 2.47. The number of aromatic carboxylic acids is 1. The van der Waals surface area contributed by atoms with Crippen LogP contribution in [0.4, 0.5) is 0 Å². The molecule has 5 nitrogen and oxygen atoms in total. The number of hydrogen-bond donors (Lipinski definition) is 3. The van der Waals surface area contributed by atoms with E-state index in [4.69, 9.17) is 0 Å². The number of benzene rings is 2. The van der Waals surface area contributed by atoms with E-state index in [-0.39, 0.29) is 17.1 Å². The van der Waals surface area contributed by atoms with Crippen molar-refractivity contribution in [1.82, 2.24) is 4.98 Å². The van der Waals surface area contributed by atoms with Gasteiger partial charge < -0.3 is 15.3 Å². The van der Waals surface area contributed by atoms with Gasteiger partial charge in [0.1, 0.15) is 0 Å². The molecule has 0 unspecified atom stereocenters. The zero-order chi connectivity index (χ0) is 16.6. The van der Waals surface area contributed by atoms with Crippen LogP contribution in [0.15, 0.2) is 55.1 Å². The fraction of sp³-hybridized carbons (Fsp3) is 0. The van der Waals surface area contributed by atoms with Crippen molar-refractivity contribution in [3.8, 4) is 11.5 Å². The van der Waals surface area contributed by atoms with E-state index < -0.39 is 5.97 Å². The van der Waals surface area contributed by atoms with Gasteiger partial charge in [-0.2, -0.15) is 0 Å². The van der Waals surface area contributed by atoms with Crippen molar-refractivity contribution in [3.05, 3.63) is 71.9 Å². The minimum absolute atomic E-state index is 0.189. The molecule has 0 fully saturated rings. The summed E-state index contributed by atoms with van der Waals surface area (Å²) in [6.07, 6.45) is 0. The number of fused-ring (bicyclic) bond motifs is 1. The summed E-state index contributed by atoms with van der Waals surface area (Å²) >= 11 is 0. The molecule has 0 spiro atoms. The summed E-state index contributed by atoms with van der Waals surface area (Å²) in [5.74, 6) is -1.45. The number of nitrogens with zero attached hydrogens (tertiary/aromatic N) is 1. The Morgan fingerprint density at radius 3 is 2.48 bits per heavy atom. The molecule has 5 heteroatoms. The van der Waals surface area contributed by atoms with Crippen molar-refractivity contribution < 1.29 is 20.1 Å². The smallest absolute Gasteiger partial charge is 0.336 e. The third-order valence-electron chi connectivity index (χ3n) is 3.60. The summed E-state index contributed by atoms with van der Waals surface area (Å²) in [5, 5.41) is 28.7. The highest BCUT2D eigenvalue weighted by Gasteiger charge is 2.11. The topological polar surface area (TPSA) is 90.7 Å². The lowest BCUT2D eigenvalue weighted by Gasteiger charge is -2.09. The van der Waals surface area contributed by atoms with E-state index in [0.29, 0.717) is 27.7 Å². The van der Waals surface area contributed by atoms with Crippen LogP contribution in [-0.2, 0) is 0 Å². The molecular formula is C18H13NO4. The van der Waals surface area contributed by atoms with Gasteiger partial charge in [0.05, 0.1) is 16.8 Å². The second-order valence-electron chi connectivity index (χ2n) is 5.06. The minimum Gasteiger partial charge on any atom is -0.504 e. The van der Waals surface area contributed by atoms with Gasteiger partial charge in [-0.05, 0) is 42.0 Å². The van der Waals surface area contributed by atoms with Crippen molar-refractivity contribution in [2.75, 3.05) is 0 Å². The van der Waals surface area contributed by atoms with Crippen LogP contribution in [0.2, 0.25) is 0 Å². The Morgan fingerprint density at radius 2 is 1.78 bits per heavy atom. The molecule has 0 aliphatic carbocycles. The second kappa shape index (κ2) is 5.46. The highest BCUT2D eigenvalue weighted by molar-refractivity contribution is 6.02. The lowest BCUT2D eigenvalue weighted by atomic mass is 10.0. The Morgan fingerprint density at radius 1 is 1.00 bits per heavy atom. The lowest BCUT2D eigenvalue weighted by Crippen LogP contribution is -1.99. The first-order chi connectivity index (χ1) is 11.0. The maximum Gasteiger partial charge on any atom is 0.336 e. The number of pyridine rings is 1. The number of rotatable bonds is 3. The summed E-state index contributed by atoms with van der Waals surface area (Å²) in [7, 11) is 0. The van der Waals surface area contributed by atoms with E-state index in [1.807, 2.05) is 0 Å². The molecule has 0 bridgehead atoms. The standard InChI is InChI=1S/C18H13NO4/c1-10(11-5-8-16(20)17(21)9-11)14-7-6-12-13(18(22)23)3-2-4-15(12)19-14/h2-9,20-21H,1H2,(H,22,23). The summed E-state index contributed by atoms with van der Waals surface area (Å²) < 4.78 is 0. The van der Waals surface area contributed by atoms with Gasteiger partial charge in [-0.15, -0.1) is 0 Å². The molecule has 0 aliphatic heterocycles. The largest absolute Gasteiger partial charge is 0.504 e. The van der Waals surface area contributed by atoms with Crippen LogP contribution >= 0.6 is 0 Å². The van der Waals surface area contributed by atoms with E-state index in [0.717, 1.165) is 0 Å². The number of phenols is 2. The first kappa shape index (κ1) is 14.6. The maximum absolute atomic E-state index is 11.2. The van der Waals surface area contributed by atoms with Gasteiger partial charge in [-0.25, -0.2) is 9.78 Å². The van der Waals surface area contributed by atoms with Crippen LogP contribution < -0.4 is 0 Å². The molecule has 0 aliphatic rings. The molecule has 114 valence electrons. The fourth-order valence-corrected chi connectivity index (χ4v) is 2.37. The summed E-state index contributed by atoms with van der Waals surface area (Å²) in [6.45, 7) is 3.96. The molecule has 2 aromatic carbocycles. The molecule has 1 heterocycles. The van der Waals surface area contributed by atoms with Gasteiger partial charge >= 0.3 is 5.97 Å². The van der Waals surface area contributed by atoms with E-state index in [2.05, 4.69) is 11.6 Å². The Balaban J connectivity index is 2.08. The zero-order valence-electron chi connectivity index (χ0n) is 12.0. The Labute approximate surface area is 131 Å². The molecule has 0 radical (unpaired) electrons. The monoisotopic (exact) mass is 307 g/mol. The van der Waals surface area contributed by atoms with E-state index in [1.165, 1.54) is 18.2 Å². The number of carboxylic acid groups (broad SMARTS) is 1. The Kier molecular flexibility index (Phi) is 3.46. The van der Waals surface area contributed by atoms with Crippen molar-refractivity contribution >= 4 is 22.4 Å². The second-order valence-corrected chi connectivity index (χ2v) is 5.06. The number of hydrogen-bond acceptors (Lipinski definition) is 4. The third kappa shape index (κ3) is 2.60. The van der Waals surface area contributed by atoms with E-state index in [1.54, 1.807) is 30.3 Å². The zero-order valence-corrected chi connectivity index (χ0v) is 12.0. The molecular weight excluding hydrogens is 294 g/mol. The summed E-state index contributed by atoms with van der Waals surface area (Å²) in [6, 6.07) is 12.7. The number of phenolic OH excluding ortho intramolecular Hbond substituents is 2. The van der Waals surface area contributed by atoms with Gasteiger partial charge in [-0.3, -0.25) is 0 Å². The average Bonchev–Trinajstić information content (AvgIpc) is 2.55. The van der Waals surface area contributed by atoms with Gasteiger partial charge in [0.25, 0.3) is 0 Å².